The van der Waals surface area contributed by atoms with Gasteiger partial charge < -0.3 is 40.2 Å². The monoisotopic (exact) mass is 725 g/mol. The van der Waals surface area contributed by atoms with Crippen LogP contribution in [-0.4, -0.2) is 106 Å². The Kier molecular flexibility index (Phi) is 11.7. The molecule has 2 aliphatic rings. The van der Waals surface area contributed by atoms with Crippen molar-refractivity contribution in [2.75, 3.05) is 45.7 Å². The molecule has 4 aromatic rings. The number of imidazole rings is 1. The standard InChI is InChI=1S/C38H47N9O6/c1-5-29(44-37(50)52-3)34(48)46-15-13-23(22-46)18-40-36-41-19-28(20-42-36)26-10-9-25-17-27(12-11-24(25)16-26)31-21-39-33(43-31)32-8-7-14-47(32)35(49)30(6-2)45-38(51)53-4/h9-12,16-17,19-21,23,29-30,32H,5-8,13-15,18,22H2,1-4H3,(H,39,43)(H,44,50)(H,45,51)(H,40,41,42)/t23-,29+,30-,32+/m1/s1. The van der Waals surface area contributed by atoms with Crippen LogP contribution in [0.5, 0.6) is 0 Å². The van der Waals surface area contributed by atoms with E-state index in [4.69, 9.17) is 4.74 Å². The first-order valence-corrected chi connectivity index (χ1v) is 18.1. The van der Waals surface area contributed by atoms with Crippen LogP contribution in [0.1, 0.15) is 57.8 Å². The van der Waals surface area contributed by atoms with Gasteiger partial charge in [-0.15, -0.1) is 0 Å². The quantitative estimate of drug-likeness (QED) is 0.157. The molecule has 4 atom stereocenters. The zero-order valence-corrected chi connectivity index (χ0v) is 30.6. The van der Waals surface area contributed by atoms with Crippen molar-refractivity contribution in [3.8, 4) is 22.4 Å². The van der Waals surface area contributed by atoms with Gasteiger partial charge in [0, 0.05) is 49.7 Å². The van der Waals surface area contributed by atoms with Crippen LogP contribution in [0.25, 0.3) is 33.2 Å². The molecule has 0 unspecified atom stereocenters. The second kappa shape index (κ2) is 16.7. The number of hydrogen-bond acceptors (Lipinski definition) is 10. The molecular formula is C38H47N9O6. The smallest absolute Gasteiger partial charge is 0.407 e. The molecule has 6 rings (SSSR count). The maximum Gasteiger partial charge on any atom is 0.407 e. The van der Waals surface area contributed by atoms with Gasteiger partial charge in [0.05, 0.1) is 32.2 Å². The molecule has 15 heteroatoms. The number of fused-ring (bicyclic) bond motifs is 1. The summed E-state index contributed by atoms with van der Waals surface area (Å²) in [7, 11) is 2.57. The van der Waals surface area contributed by atoms with Crippen molar-refractivity contribution in [2.45, 2.75) is 64.1 Å². The summed E-state index contributed by atoms with van der Waals surface area (Å²) in [6.07, 6.45) is 7.62. The minimum absolute atomic E-state index is 0.0952. The molecule has 2 aliphatic heterocycles. The average Bonchev–Trinajstić information content (AvgIpc) is 3.99. The molecule has 2 aromatic carbocycles. The van der Waals surface area contributed by atoms with E-state index in [1.807, 2.05) is 26.0 Å². The molecule has 280 valence electrons. The van der Waals surface area contributed by atoms with E-state index in [0.717, 1.165) is 58.2 Å². The number of ether oxygens (including phenoxy) is 2. The molecule has 0 aliphatic carbocycles. The first kappa shape index (κ1) is 37.0. The number of rotatable bonds is 12. The number of benzene rings is 2. The zero-order valence-electron chi connectivity index (χ0n) is 30.6. The van der Waals surface area contributed by atoms with Crippen LogP contribution in [0.3, 0.4) is 0 Å². The predicted octanol–water partition coefficient (Wildman–Crippen LogP) is 4.88. The lowest BCUT2D eigenvalue weighted by Gasteiger charge is -2.27. The Bertz CT molecular complexity index is 1930. The molecule has 0 radical (unpaired) electrons. The van der Waals surface area contributed by atoms with Gasteiger partial charge in [-0.25, -0.2) is 24.5 Å². The molecule has 15 nitrogen and oxygen atoms in total. The lowest BCUT2D eigenvalue weighted by molar-refractivity contribution is -0.134. The van der Waals surface area contributed by atoms with E-state index < -0.39 is 24.3 Å². The van der Waals surface area contributed by atoms with E-state index in [-0.39, 0.29) is 23.8 Å². The van der Waals surface area contributed by atoms with Gasteiger partial charge in [-0.05, 0) is 66.5 Å². The maximum absolute atomic E-state index is 13.3. The van der Waals surface area contributed by atoms with Gasteiger partial charge in [-0.3, -0.25) is 9.59 Å². The average molecular weight is 726 g/mol. The van der Waals surface area contributed by atoms with Gasteiger partial charge in [0.1, 0.15) is 17.9 Å². The third-order valence-electron chi connectivity index (χ3n) is 10.1. The molecule has 2 saturated heterocycles. The second-order valence-corrected chi connectivity index (χ2v) is 13.5. The summed E-state index contributed by atoms with van der Waals surface area (Å²) < 4.78 is 9.35. The molecule has 4 N–H and O–H groups in total. The van der Waals surface area contributed by atoms with Crippen molar-refractivity contribution in [1.82, 2.24) is 40.4 Å². The number of nitrogens with one attached hydrogen (secondary N) is 4. The number of methoxy groups -OCH3 is 2. The van der Waals surface area contributed by atoms with E-state index in [2.05, 4.69) is 64.9 Å². The molecule has 53 heavy (non-hydrogen) atoms. The fraction of sp³-hybridized carbons (Fsp3) is 0.447. The summed E-state index contributed by atoms with van der Waals surface area (Å²) in [5.41, 5.74) is 3.73. The Morgan fingerprint density at radius 3 is 2.11 bits per heavy atom. The van der Waals surface area contributed by atoms with Gasteiger partial charge in [-0.2, -0.15) is 0 Å². The molecule has 2 aromatic heterocycles. The van der Waals surface area contributed by atoms with E-state index >= 15 is 0 Å². The number of hydrogen-bond donors (Lipinski definition) is 4. The Balaban J connectivity index is 1.05. The summed E-state index contributed by atoms with van der Waals surface area (Å²) in [5, 5.41) is 10.7. The highest BCUT2D eigenvalue weighted by molar-refractivity contribution is 5.90. The number of H-pyrrole nitrogens is 1. The van der Waals surface area contributed by atoms with Gasteiger partial charge in [0.2, 0.25) is 17.8 Å². The number of amides is 4. The SMILES string of the molecule is CC[C@H](NC(=O)OC)C(=O)N1CC[C@H](CNc2ncc(-c3ccc4cc(-c5cnc([C@@H]6CCCN6C(=O)[C@@H](CC)NC(=O)OC)[nH]5)ccc4c3)cn2)C1. The normalized spacial score (nSPS) is 18.0. The van der Waals surface area contributed by atoms with Crippen LogP contribution in [0.2, 0.25) is 0 Å². The first-order chi connectivity index (χ1) is 25.7. The minimum atomic E-state index is -0.656. The molecule has 0 saturated carbocycles. The number of likely N-dealkylation sites (tertiary alicyclic amines) is 2. The number of carbonyl (C=O) groups is 4. The minimum Gasteiger partial charge on any atom is -0.453 e. The Morgan fingerprint density at radius 2 is 1.45 bits per heavy atom. The third-order valence-corrected chi connectivity index (χ3v) is 10.1. The van der Waals surface area contributed by atoms with Crippen LogP contribution in [0.4, 0.5) is 15.5 Å². The van der Waals surface area contributed by atoms with Gasteiger partial charge >= 0.3 is 12.2 Å². The molecule has 4 amide bonds. The first-order valence-electron chi connectivity index (χ1n) is 18.1. The fourth-order valence-corrected chi connectivity index (χ4v) is 7.06. The van der Waals surface area contributed by atoms with Crippen LogP contribution < -0.4 is 16.0 Å². The van der Waals surface area contributed by atoms with Gasteiger partial charge in [0.25, 0.3) is 0 Å². The van der Waals surface area contributed by atoms with E-state index in [9.17, 15) is 19.2 Å². The maximum atomic E-state index is 13.3. The summed E-state index contributed by atoms with van der Waals surface area (Å²) in [6, 6.07) is 11.0. The summed E-state index contributed by atoms with van der Waals surface area (Å²) >= 11 is 0. The van der Waals surface area contributed by atoms with Crippen molar-refractivity contribution < 1.29 is 28.7 Å². The molecule has 2 fully saturated rings. The second-order valence-electron chi connectivity index (χ2n) is 13.5. The lowest BCUT2D eigenvalue weighted by Crippen LogP contribution is -2.48. The van der Waals surface area contributed by atoms with Crippen LogP contribution in [-0.2, 0) is 19.1 Å². The summed E-state index contributed by atoms with van der Waals surface area (Å²) in [5.74, 6) is 1.26. The van der Waals surface area contributed by atoms with Crippen molar-refractivity contribution >= 4 is 40.7 Å². The Hall–Kier alpha value is -5.73. The number of aromatic nitrogens is 4. The zero-order chi connectivity index (χ0) is 37.5. The van der Waals surface area contributed by atoms with Crippen molar-refractivity contribution in [1.29, 1.82) is 0 Å². The highest BCUT2D eigenvalue weighted by Gasteiger charge is 2.36. The molecule has 0 spiro atoms. The van der Waals surface area contributed by atoms with Crippen LogP contribution in [0.15, 0.2) is 55.0 Å². The van der Waals surface area contributed by atoms with Crippen LogP contribution >= 0.6 is 0 Å². The number of aromatic amines is 1. The number of nitrogens with zero attached hydrogens (tertiary/aromatic N) is 5. The van der Waals surface area contributed by atoms with Gasteiger partial charge in [0.15, 0.2) is 0 Å². The number of anilines is 1. The van der Waals surface area contributed by atoms with E-state index in [0.29, 0.717) is 45.0 Å². The fourth-order valence-electron chi connectivity index (χ4n) is 7.06. The van der Waals surface area contributed by atoms with E-state index in [1.54, 1.807) is 28.4 Å². The highest BCUT2D eigenvalue weighted by atomic mass is 16.5. The van der Waals surface area contributed by atoms with Gasteiger partial charge in [-0.1, -0.05) is 38.1 Å². The topological polar surface area (TPSA) is 184 Å². The van der Waals surface area contributed by atoms with E-state index in [1.165, 1.54) is 14.2 Å². The largest absolute Gasteiger partial charge is 0.453 e. The van der Waals surface area contributed by atoms with Crippen LogP contribution in [0, 0.1) is 5.92 Å². The lowest BCUT2D eigenvalue weighted by atomic mass is 10.0. The summed E-state index contributed by atoms with van der Waals surface area (Å²) in [4.78, 5) is 70.4. The Morgan fingerprint density at radius 1 is 0.811 bits per heavy atom. The van der Waals surface area contributed by atoms with Crippen molar-refractivity contribution in [2.24, 2.45) is 5.92 Å². The third kappa shape index (κ3) is 8.50. The molecular weight excluding hydrogens is 678 g/mol. The molecule has 4 heterocycles. The Labute approximate surface area is 308 Å². The van der Waals surface area contributed by atoms with Crippen molar-refractivity contribution in [3.63, 3.8) is 0 Å². The number of carbonyl (C=O) groups excluding carboxylic acids is 4. The number of alkyl carbamates (subject to hydrolysis) is 2. The highest BCUT2D eigenvalue weighted by Crippen LogP contribution is 2.33. The summed E-state index contributed by atoms with van der Waals surface area (Å²) in [6.45, 7) is 6.18. The molecule has 0 bridgehead atoms. The van der Waals surface area contributed by atoms with Crippen molar-refractivity contribution in [3.05, 3.63) is 60.8 Å². The predicted molar refractivity (Wildman–Crippen MR) is 199 cm³/mol.